The summed E-state index contributed by atoms with van der Waals surface area (Å²) in [7, 11) is 1.63. The molecule has 1 aromatic heterocycles. The lowest BCUT2D eigenvalue weighted by atomic mass is 10.1. The molecule has 1 heterocycles. The van der Waals surface area contributed by atoms with Crippen LogP contribution >= 0.6 is 0 Å². The zero-order valence-corrected chi connectivity index (χ0v) is 12.2. The van der Waals surface area contributed by atoms with E-state index < -0.39 is 5.78 Å². The molecule has 0 saturated heterocycles. The number of ether oxygens (including phenoxy) is 1. The Hall–Kier alpha value is -2.88. The summed E-state index contributed by atoms with van der Waals surface area (Å²) in [6, 6.07) is 15.3. The highest BCUT2D eigenvalue weighted by molar-refractivity contribution is 6.36. The van der Waals surface area contributed by atoms with Crippen LogP contribution in [0.25, 0.3) is 10.9 Å². The molecule has 4 heteroatoms. The minimum atomic E-state index is -0.505. The van der Waals surface area contributed by atoms with Crippen molar-refractivity contribution >= 4 is 23.0 Å². The van der Waals surface area contributed by atoms with Crippen LogP contribution in [0.5, 0.6) is 5.75 Å². The highest BCUT2D eigenvalue weighted by atomic mass is 16.5. The fourth-order valence-electron chi connectivity index (χ4n) is 2.65. The predicted octanol–water partition coefficient (Wildman–Crippen LogP) is 3.08. The van der Waals surface area contributed by atoms with Crippen LogP contribution in [0.15, 0.2) is 54.7 Å². The molecule has 4 nitrogen and oxygen atoms in total. The Bertz CT molecular complexity index is 848. The first-order valence-electron chi connectivity index (χ1n) is 6.94. The molecule has 0 amide bonds. The SMILES string of the molecule is COc1ccccc1Cn1cc(C(=O)C=O)c2ccccc21. The highest BCUT2D eigenvalue weighted by Gasteiger charge is 2.15. The average Bonchev–Trinajstić information content (AvgIpc) is 2.93. The van der Waals surface area contributed by atoms with Crippen LogP contribution in [0.3, 0.4) is 0 Å². The van der Waals surface area contributed by atoms with Gasteiger partial charge in [0.05, 0.1) is 19.2 Å². The molecule has 110 valence electrons. The molecule has 0 radical (unpaired) electrons. The van der Waals surface area contributed by atoms with Gasteiger partial charge in [0, 0.05) is 22.7 Å². The summed E-state index contributed by atoms with van der Waals surface area (Å²) in [5, 5.41) is 0.787. The molecule has 22 heavy (non-hydrogen) atoms. The Kier molecular flexibility index (Phi) is 3.74. The molecule has 0 saturated carbocycles. The number of aromatic nitrogens is 1. The molecule has 0 aliphatic heterocycles. The van der Waals surface area contributed by atoms with Gasteiger partial charge in [0.2, 0.25) is 5.78 Å². The number of Topliss-reactive ketones (excluding diaryl/α,β-unsaturated/α-hetero) is 1. The van der Waals surface area contributed by atoms with E-state index in [1.54, 1.807) is 13.3 Å². The number of ketones is 1. The third-order valence-electron chi connectivity index (χ3n) is 3.69. The molecule has 0 unspecified atom stereocenters. The van der Waals surface area contributed by atoms with Crippen molar-refractivity contribution in [2.45, 2.75) is 6.54 Å². The van der Waals surface area contributed by atoms with Gasteiger partial charge in [-0.2, -0.15) is 0 Å². The lowest BCUT2D eigenvalue weighted by molar-refractivity contribution is -0.104. The number of rotatable bonds is 5. The van der Waals surface area contributed by atoms with E-state index in [9.17, 15) is 9.59 Å². The summed E-state index contributed by atoms with van der Waals surface area (Å²) in [6.45, 7) is 0.566. The van der Waals surface area contributed by atoms with Crippen molar-refractivity contribution in [1.82, 2.24) is 4.57 Å². The first-order chi connectivity index (χ1) is 10.7. The number of fused-ring (bicyclic) bond motifs is 1. The zero-order chi connectivity index (χ0) is 15.5. The Labute approximate surface area is 127 Å². The second-order valence-corrected chi connectivity index (χ2v) is 4.98. The second-order valence-electron chi connectivity index (χ2n) is 4.98. The van der Waals surface area contributed by atoms with Gasteiger partial charge in [0.25, 0.3) is 0 Å². The van der Waals surface area contributed by atoms with E-state index >= 15 is 0 Å². The summed E-state index contributed by atoms with van der Waals surface area (Å²) in [5.41, 5.74) is 2.36. The van der Waals surface area contributed by atoms with Gasteiger partial charge in [-0.15, -0.1) is 0 Å². The number of para-hydroxylation sites is 2. The third kappa shape index (κ3) is 2.39. The monoisotopic (exact) mass is 293 g/mol. The summed E-state index contributed by atoms with van der Waals surface area (Å²) in [5.74, 6) is 0.290. The first-order valence-corrected chi connectivity index (χ1v) is 6.94. The summed E-state index contributed by atoms with van der Waals surface area (Å²) in [4.78, 5) is 22.6. The van der Waals surface area contributed by atoms with Crippen molar-refractivity contribution in [3.63, 3.8) is 0 Å². The standard InChI is InChI=1S/C18H15NO3/c1-22-18-9-5-2-6-13(18)10-19-11-15(17(21)12-20)14-7-3-4-8-16(14)19/h2-9,11-12H,10H2,1H3. The van der Waals surface area contributed by atoms with Crippen molar-refractivity contribution in [1.29, 1.82) is 0 Å². The van der Waals surface area contributed by atoms with Crippen LogP contribution in [0, 0.1) is 0 Å². The Balaban J connectivity index is 2.11. The molecular formula is C18H15NO3. The maximum absolute atomic E-state index is 11.8. The van der Waals surface area contributed by atoms with Gasteiger partial charge in [0.15, 0.2) is 6.29 Å². The van der Waals surface area contributed by atoms with Gasteiger partial charge in [-0.05, 0) is 12.1 Å². The molecule has 0 spiro atoms. The predicted molar refractivity (Wildman–Crippen MR) is 84.4 cm³/mol. The lowest BCUT2D eigenvalue weighted by Crippen LogP contribution is -2.01. The van der Waals surface area contributed by atoms with E-state index in [1.165, 1.54) is 0 Å². The van der Waals surface area contributed by atoms with Crippen molar-refractivity contribution in [3.05, 3.63) is 65.9 Å². The molecule has 0 aliphatic carbocycles. The quantitative estimate of drug-likeness (QED) is 0.412. The maximum Gasteiger partial charge on any atom is 0.227 e. The number of carbonyl (C=O) groups excluding carboxylic acids is 2. The number of methoxy groups -OCH3 is 1. The van der Waals surface area contributed by atoms with Crippen LogP contribution in [-0.2, 0) is 11.3 Å². The molecule has 0 bridgehead atoms. The van der Waals surface area contributed by atoms with Crippen molar-refractivity contribution in [2.24, 2.45) is 0 Å². The van der Waals surface area contributed by atoms with E-state index in [-0.39, 0.29) is 0 Å². The fourth-order valence-corrected chi connectivity index (χ4v) is 2.65. The van der Waals surface area contributed by atoms with Crippen LogP contribution in [0.4, 0.5) is 0 Å². The van der Waals surface area contributed by atoms with Crippen molar-refractivity contribution < 1.29 is 14.3 Å². The number of nitrogens with zero attached hydrogens (tertiary/aromatic N) is 1. The van der Waals surface area contributed by atoms with Gasteiger partial charge in [-0.25, -0.2) is 0 Å². The number of benzene rings is 2. The van der Waals surface area contributed by atoms with Gasteiger partial charge in [0.1, 0.15) is 5.75 Å². The third-order valence-corrected chi connectivity index (χ3v) is 3.69. The average molecular weight is 293 g/mol. The van der Waals surface area contributed by atoms with Crippen LogP contribution in [0.2, 0.25) is 0 Å². The Morgan fingerprint density at radius 1 is 1.14 bits per heavy atom. The Morgan fingerprint density at radius 2 is 1.86 bits per heavy atom. The molecule has 0 atom stereocenters. The molecular weight excluding hydrogens is 278 g/mol. The molecule has 0 N–H and O–H groups in total. The van der Waals surface area contributed by atoms with E-state index in [2.05, 4.69) is 0 Å². The van der Waals surface area contributed by atoms with E-state index in [0.29, 0.717) is 18.4 Å². The van der Waals surface area contributed by atoms with E-state index in [1.807, 2.05) is 53.1 Å². The highest BCUT2D eigenvalue weighted by Crippen LogP contribution is 2.25. The molecule has 2 aromatic carbocycles. The lowest BCUT2D eigenvalue weighted by Gasteiger charge is -2.10. The van der Waals surface area contributed by atoms with E-state index in [0.717, 1.165) is 22.2 Å². The minimum absolute atomic E-state index is 0.356. The van der Waals surface area contributed by atoms with Gasteiger partial charge < -0.3 is 9.30 Å². The number of hydrogen-bond donors (Lipinski definition) is 0. The normalized spacial score (nSPS) is 10.6. The number of hydrogen-bond acceptors (Lipinski definition) is 3. The minimum Gasteiger partial charge on any atom is -0.496 e. The van der Waals surface area contributed by atoms with Crippen LogP contribution < -0.4 is 4.74 Å². The van der Waals surface area contributed by atoms with Crippen LogP contribution in [-0.4, -0.2) is 23.7 Å². The van der Waals surface area contributed by atoms with E-state index in [4.69, 9.17) is 4.74 Å². The largest absolute Gasteiger partial charge is 0.496 e. The topological polar surface area (TPSA) is 48.3 Å². The molecule has 3 aromatic rings. The smallest absolute Gasteiger partial charge is 0.227 e. The fraction of sp³-hybridized carbons (Fsp3) is 0.111. The van der Waals surface area contributed by atoms with Crippen molar-refractivity contribution in [3.8, 4) is 5.75 Å². The molecule has 3 rings (SSSR count). The van der Waals surface area contributed by atoms with Gasteiger partial charge >= 0.3 is 0 Å². The first kappa shape index (κ1) is 14.1. The molecule has 0 fully saturated rings. The summed E-state index contributed by atoms with van der Waals surface area (Å²) >= 11 is 0. The zero-order valence-electron chi connectivity index (χ0n) is 12.2. The van der Waals surface area contributed by atoms with Crippen LogP contribution in [0.1, 0.15) is 15.9 Å². The number of aldehydes is 1. The van der Waals surface area contributed by atoms with Crippen molar-refractivity contribution in [2.75, 3.05) is 7.11 Å². The Morgan fingerprint density at radius 3 is 2.64 bits per heavy atom. The second kappa shape index (κ2) is 5.85. The van der Waals surface area contributed by atoms with Gasteiger partial charge in [-0.3, -0.25) is 9.59 Å². The maximum atomic E-state index is 11.8. The summed E-state index contributed by atoms with van der Waals surface area (Å²) in [6.07, 6.45) is 2.09. The number of carbonyl (C=O) groups is 2. The molecule has 0 aliphatic rings. The van der Waals surface area contributed by atoms with Gasteiger partial charge in [-0.1, -0.05) is 36.4 Å². The summed E-state index contributed by atoms with van der Waals surface area (Å²) < 4.78 is 7.33.